The zero-order valence-corrected chi connectivity index (χ0v) is 9.83. The molecule has 4 heteroatoms. The fraction of sp³-hybridized carbons (Fsp3) is 0.909. The molecule has 1 saturated heterocycles. The average molecular weight is 213 g/mol. The van der Waals surface area contributed by atoms with Crippen LogP contribution in [0.5, 0.6) is 0 Å². The highest BCUT2D eigenvalue weighted by Gasteiger charge is 2.24. The predicted octanol–water partition coefficient (Wildman–Crippen LogP) is 1.20. The van der Waals surface area contributed by atoms with E-state index in [4.69, 9.17) is 15.9 Å². The van der Waals surface area contributed by atoms with Gasteiger partial charge in [0, 0.05) is 19.0 Å². The third-order valence-corrected chi connectivity index (χ3v) is 2.94. The number of amidine groups is 1. The number of nitrogens with two attached hydrogens (primary N) is 1. The van der Waals surface area contributed by atoms with Crippen molar-refractivity contribution in [3.8, 4) is 0 Å². The van der Waals surface area contributed by atoms with E-state index >= 15 is 0 Å². The summed E-state index contributed by atoms with van der Waals surface area (Å²) in [7, 11) is 0. The van der Waals surface area contributed by atoms with E-state index in [0.29, 0.717) is 24.4 Å². The molecule has 0 amide bonds. The average Bonchev–Trinajstić information content (AvgIpc) is 2.17. The molecule has 0 aromatic carbocycles. The number of nitrogens with one attached hydrogen (secondary N) is 1. The summed E-state index contributed by atoms with van der Waals surface area (Å²) in [6, 6.07) is 0.549. The van der Waals surface area contributed by atoms with E-state index in [2.05, 4.69) is 18.7 Å². The van der Waals surface area contributed by atoms with Crippen LogP contribution in [0.2, 0.25) is 0 Å². The molecule has 0 aliphatic carbocycles. The van der Waals surface area contributed by atoms with Crippen molar-refractivity contribution in [2.45, 2.75) is 45.3 Å². The molecule has 1 fully saturated rings. The summed E-state index contributed by atoms with van der Waals surface area (Å²) < 4.78 is 5.63. The van der Waals surface area contributed by atoms with Gasteiger partial charge in [-0.25, -0.2) is 0 Å². The Kier molecular flexibility index (Phi) is 5.05. The van der Waals surface area contributed by atoms with Gasteiger partial charge >= 0.3 is 0 Å². The molecule has 15 heavy (non-hydrogen) atoms. The van der Waals surface area contributed by atoms with Gasteiger partial charge < -0.3 is 10.5 Å². The smallest absolute Gasteiger partial charge is 0.0905 e. The van der Waals surface area contributed by atoms with E-state index in [1.165, 1.54) is 0 Å². The van der Waals surface area contributed by atoms with Gasteiger partial charge in [-0.05, 0) is 26.3 Å². The standard InChI is InChI=1S/C11H23N3O/c1-3-10-8-15-9(2)7-14(10)6-4-5-11(12)13/h9-10H,3-8H2,1-2H3,(H3,12,13). The fourth-order valence-electron chi connectivity index (χ4n) is 2.04. The van der Waals surface area contributed by atoms with Gasteiger partial charge in [-0.15, -0.1) is 0 Å². The molecule has 0 aromatic heterocycles. The number of hydrogen-bond acceptors (Lipinski definition) is 3. The third kappa shape index (κ3) is 4.18. The summed E-state index contributed by atoms with van der Waals surface area (Å²) >= 11 is 0. The highest BCUT2D eigenvalue weighted by Crippen LogP contribution is 2.14. The van der Waals surface area contributed by atoms with Gasteiger partial charge in [-0.2, -0.15) is 0 Å². The van der Waals surface area contributed by atoms with E-state index < -0.39 is 0 Å². The van der Waals surface area contributed by atoms with Crippen LogP contribution in [0.4, 0.5) is 0 Å². The van der Waals surface area contributed by atoms with Crippen molar-refractivity contribution < 1.29 is 4.74 Å². The fourth-order valence-corrected chi connectivity index (χ4v) is 2.04. The zero-order valence-electron chi connectivity index (χ0n) is 9.83. The molecule has 1 heterocycles. The number of hydrogen-bond donors (Lipinski definition) is 2. The molecule has 4 nitrogen and oxygen atoms in total. The van der Waals surface area contributed by atoms with Crippen LogP contribution in [-0.4, -0.2) is 42.6 Å². The highest BCUT2D eigenvalue weighted by molar-refractivity contribution is 5.76. The van der Waals surface area contributed by atoms with Crippen molar-refractivity contribution in [3.05, 3.63) is 0 Å². The van der Waals surface area contributed by atoms with E-state index in [1.807, 2.05) is 0 Å². The molecule has 2 unspecified atom stereocenters. The van der Waals surface area contributed by atoms with E-state index in [9.17, 15) is 0 Å². The molecule has 0 spiro atoms. The summed E-state index contributed by atoms with van der Waals surface area (Å²) in [6.45, 7) is 7.20. The Labute approximate surface area is 92.3 Å². The molecule has 0 saturated carbocycles. The molecule has 2 atom stereocenters. The maximum Gasteiger partial charge on any atom is 0.0905 e. The van der Waals surface area contributed by atoms with Crippen LogP contribution < -0.4 is 5.73 Å². The van der Waals surface area contributed by atoms with Crippen molar-refractivity contribution in [3.63, 3.8) is 0 Å². The van der Waals surface area contributed by atoms with Crippen LogP contribution in [0.15, 0.2) is 0 Å². The quantitative estimate of drug-likeness (QED) is 0.533. The van der Waals surface area contributed by atoms with Crippen LogP contribution in [0.1, 0.15) is 33.1 Å². The van der Waals surface area contributed by atoms with Gasteiger partial charge in [0.05, 0.1) is 18.5 Å². The van der Waals surface area contributed by atoms with Gasteiger partial charge in [-0.1, -0.05) is 6.92 Å². The van der Waals surface area contributed by atoms with Crippen molar-refractivity contribution >= 4 is 5.84 Å². The Morgan fingerprint density at radius 1 is 1.60 bits per heavy atom. The molecule has 0 radical (unpaired) electrons. The Hall–Kier alpha value is -0.610. The Morgan fingerprint density at radius 3 is 2.93 bits per heavy atom. The molecule has 1 aliphatic heterocycles. The molecular formula is C11H23N3O. The highest BCUT2D eigenvalue weighted by atomic mass is 16.5. The van der Waals surface area contributed by atoms with Crippen molar-refractivity contribution in [2.75, 3.05) is 19.7 Å². The number of rotatable bonds is 5. The molecule has 1 rings (SSSR count). The summed E-state index contributed by atoms with van der Waals surface area (Å²) in [5.74, 6) is 0.296. The summed E-state index contributed by atoms with van der Waals surface area (Å²) in [5.41, 5.74) is 5.34. The lowest BCUT2D eigenvalue weighted by Gasteiger charge is -2.38. The third-order valence-electron chi connectivity index (χ3n) is 2.94. The van der Waals surface area contributed by atoms with Gasteiger partial charge in [0.15, 0.2) is 0 Å². The first kappa shape index (κ1) is 12.5. The molecular weight excluding hydrogens is 190 g/mol. The second-order valence-corrected chi connectivity index (χ2v) is 4.33. The van der Waals surface area contributed by atoms with Crippen LogP contribution >= 0.6 is 0 Å². The second kappa shape index (κ2) is 6.08. The van der Waals surface area contributed by atoms with Crippen LogP contribution in [0.25, 0.3) is 0 Å². The first-order valence-corrected chi connectivity index (χ1v) is 5.82. The first-order chi connectivity index (χ1) is 7.13. The number of ether oxygens (including phenoxy) is 1. The Bertz CT molecular complexity index is 208. The second-order valence-electron chi connectivity index (χ2n) is 4.33. The van der Waals surface area contributed by atoms with Gasteiger partial charge in [-0.3, -0.25) is 10.3 Å². The maximum atomic E-state index is 7.18. The minimum atomic E-state index is 0.296. The van der Waals surface area contributed by atoms with Gasteiger partial charge in [0.25, 0.3) is 0 Å². The van der Waals surface area contributed by atoms with Crippen LogP contribution in [0.3, 0.4) is 0 Å². The molecule has 0 bridgehead atoms. The molecule has 0 aromatic rings. The lowest BCUT2D eigenvalue weighted by Crippen LogP contribution is -2.48. The Balaban J connectivity index is 2.31. The van der Waals surface area contributed by atoms with Crippen molar-refractivity contribution in [1.29, 1.82) is 5.41 Å². The van der Waals surface area contributed by atoms with Crippen molar-refractivity contribution in [2.24, 2.45) is 5.73 Å². The van der Waals surface area contributed by atoms with E-state index in [0.717, 1.165) is 32.5 Å². The maximum absolute atomic E-state index is 7.18. The van der Waals surface area contributed by atoms with Gasteiger partial charge in [0.1, 0.15) is 0 Å². The topological polar surface area (TPSA) is 62.3 Å². The lowest BCUT2D eigenvalue weighted by molar-refractivity contribution is -0.0557. The minimum Gasteiger partial charge on any atom is -0.388 e. The van der Waals surface area contributed by atoms with E-state index in [1.54, 1.807) is 0 Å². The SMILES string of the molecule is CCC1COC(C)CN1CCCC(=N)N. The number of nitrogens with zero attached hydrogens (tertiary/aromatic N) is 1. The zero-order chi connectivity index (χ0) is 11.3. The van der Waals surface area contributed by atoms with Crippen molar-refractivity contribution in [1.82, 2.24) is 4.90 Å². The van der Waals surface area contributed by atoms with E-state index in [-0.39, 0.29) is 0 Å². The monoisotopic (exact) mass is 213 g/mol. The molecule has 3 N–H and O–H groups in total. The van der Waals surface area contributed by atoms with Crippen LogP contribution in [0, 0.1) is 5.41 Å². The normalized spacial score (nSPS) is 27.9. The van der Waals surface area contributed by atoms with Gasteiger partial charge in [0.2, 0.25) is 0 Å². The number of morpholine rings is 1. The predicted molar refractivity (Wildman–Crippen MR) is 62.2 cm³/mol. The summed E-state index contributed by atoms with van der Waals surface area (Å²) in [6.07, 6.45) is 3.16. The molecule has 88 valence electrons. The summed E-state index contributed by atoms with van der Waals surface area (Å²) in [5, 5.41) is 7.18. The Morgan fingerprint density at radius 2 is 2.33 bits per heavy atom. The lowest BCUT2D eigenvalue weighted by atomic mass is 10.1. The van der Waals surface area contributed by atoms with Crippen LogP contribution in [-0.2, 0) is 4.74 Å². The first-order valence-electron chi connectivity index (χ1n) is 5.82. The summed E-state index contributed by atoms with van der Waals surface area (Å²) in [4.78, 5) is 2.47. The minimum absolute atomic E-state index is 0.296. The largest absolute Gasteiger partial charge is 0.388 e. The molecule has 1 aliphatic rings.